The van der Waals surface area contributed by atoms with Gasteiger partial charge in [0.15, 0.2) is 0 Å². The van der Waals surface area contributed by atoms with Gasteiger partial charge in [-0.2, -0.15) is 18.3 Å². The van der Waals surface area contributed by atoms with Gasteiger partial charge in [0.25, 0.3) is 0 Å². The lowest BCUT2D eigenvalue weighted by molar-refractivity contribution is -0.192. The van der Waals surface area contributed by atoms with Crippen LogP contribution in [0.3, 0.4) is 0 Å². The Morgan fingerprint density at radius 1 is 1.16 bits per heavy atom. The summed E-state index contributed by atoms with van der Waals surface area (Å²) in [5.41, 5.74) is 2.28. The van der Waals surface area contributed by atoms with Crippen molar-refractivity contribution in [3.8, 4) is 5.69 Å². The summed E-state index contributed by atoms with van der Waals surface area (Å²) >= 11 is 0. The van der Waals surface area contributed by atoms with Gasteiger partial charge in [-0.15, -0.1) is 0 Å². The van der Waals surface area contributed by atoms with Crippen LogP contribution in [0.15, 0.2) is 42.7 Å². The van der Waals surface area contributed by atoms with Gasteiger partial charge in [-0.05, 0) is 44.6 Å². The number of aromatic nitrogens is 2. The molecule has 0 unspecified atom stereocenters. The van der Waals surface area contributed by atoms with Gasteiger partial charge in [0.05, 0.1) is 18.4 Å². The lowest BCUT2D eigenvalue weighted by Crippen LogP contribution is -2.46. The lowest BCUT2D eigenvalue weighted by atomic mass is 10.0. The summed E-state index contributed by atoms with van der Waals surface area (Å²) in [5.74, 6) is -3.50. The Morgan fingerprint density at radius 3 is 2.25 bits per heavy atom. The van der Waals surface area contributed by atoms with Crippen LogP contribution in [0.2, 0.25) is 0 Å². The number of carboxylic acids is 2. The quantitative estimate of drug-likeness (QED) is 0.661. The number of likely N-dealkylation sites (tertiary alicyclic amines) is 1. The van der Waals surface area contributed by atoms with Gasteiger partial charge in [-0.25, -0.2) is 9.48 Å². The molecule has 32 heavy (non-hydrogen) atoms. The van der Waals surface area contributed by atoms with Gasteiger partial charge in [0, 0.05) is 24.3 Å². The lowest BCUT2D eigenvalue weighted by Gasteiger charge is -2.37. The van der Waals surface area contributed by atoms with Crippen molar-refractivity contribution in [2.45, 2.75) is 38.5 Å². The Hall–Kier alpha value is -2.92. The van der Waals surface area contributed by atoms with Crippen LogP contribution < -0.4 is 0 Å². The maximum atomic E-state index is 11.0. The molecule has 1 fully saturated rings. The van der Waals surface area contributed by atoms with Gasteiger partial charge < -0.3 is 10.2 Å². The zero-order chi connectivity index (χ0) is 23.7. The van der Waals surface area contributed by atoms with E-state index in [4.69, 9.17) is 15.0 Å². The van der Waals surface area contributed by atoms with Crippen molar-refractivity contribution in [3.63, 3.8) is 0 Å². The summed E-state index contributed by atoms with van der Waals surface area (Å²) in [6, 6.07) is 10.5. The number of likely N-dealkylation sites (N-methyl/N-ethyl adjacent to an activating group) is 1. The molecule has 11 heteroatoms. The van der Waals surface area contributed by atoms with Gasteiger partial charge in [-0.3, -0.25) is 14.6 Å². The number of carboxylic acid groups (broad SMARTS) is 2. The van der Waals surface area contributed by atoms with Crippen molar-refractivity contribution >= 4 is 11.9 Å². The van der Waals surface area contributed by atoms with Crippen LogP contribution in [0.4, 0.5) is 13.2 Å². The van der Waals surface area contributed by atoms with Gasteiger partial charge in [0.1, 0.15) is 0 Å². The molecule has 2 N–H and O–H groups in total. The Balaban J connectivity index is 0.000000451. The SMILES string of the molecule is CCN(CC(=O)O)C1CCN(Cc2cnn(-c3ccccc3)c2)CC1.O=C(O)C(F)(F)F. The third-order valence-corrected chi connectivity index (χ3v) is 5.12. The minimum Gasteiger partial charge on any atom is -0.480 e. The molecule has 1 aromatic heterocycles. The molecule has 2 heterocycles. The number of alkyl halides is 3. The molecule has 1 aromatic carbocycles. The van der Waals surface area contributed by atoms with Crippen molar-refractivity contribution in [1.29, 1.82) is 0 Å². The summed E-state index contributed by atoms with van der Waals surface area (Å²) in [6.45, 7) is 5.86. The molecule has 176 valence electrons. The smallest absolute Gasteiger partial charge is 0.480 e. The summed E-state index contributed by atoms with van der Waals surface area (Å²) in [4.78, 5) is 24.4. The highest BCUT2D eigenvalue weighted by Crippen LogP contribution is 2.19. The molecule has 1 saturated heterocycles. The number of benzene rings is 1. The van der Waals surface area contributed by atoms with Crippen LogP contribution in [0.25, 0.3) is 5.69 Å². The van der Waals surface area contributed by atoms with Crippen molar-refractivity contribution in [2.75, 3.05) is 26.2 Å². The molecule has 0 atom stereocenters. The summed E-state index contributed by atoms with van der Waals surface area (Å²) in [7, 11) is 0. The van der Waals surface area contributed by atoms with E-state index in [1.54, 1.807) is 0 Å². The molecule has 8 nitrogen and oxygen atoms in total. The van der Waals surface area contributed by atoms with Crippen LogP contribution in [0.5, 0.6) is 0 Å². The standard InChI is InChI=1S/C19H26N4O2.C2HF3O2/c1-2-22(15-19(24)25)17-8-10-21(11-9-17)13-16-12-20-23(14-16)18-6-4-3-5-7-18;3-2(4,5)1(6)7/h3-7,12,14,17H,2,8-11,13,15H2,1H3,(H,24,25);(H,6,7). The fraction of sp³-hybridized carbons (Fsp3) is 0.476. The minimum absolute atomic E-state index is 0.144. The van der Waals surface area contributed by atoms with E-state index in [1.165, 1.54) is 5.56 Å². The molecule has 1 aliphatic rings. The first-order valence-corrected chi connectivity index (χ1v) is 10.2. The zero-order valence-electron chi connectivity index (χ0n) is 17.7. The predicted molar refractivity (Wildman–Crippen MR) is 110 cm³/mol. The molecular weight excluding hydrogens is 429 g/mol. The molecule has 3 rings (SSSR count). The topological polar surface area (TPSA) is 98.9 Å². The monoisotopic (exact) mass is 456 g/mol. The number of hydrogen-bond acceptors (Lipinski definition) is 5. The molecular formula is C21H27F3N4O4. The number of aliphatic carboxylic acids is 2. The minimum atomic E-state index is -5.08. The van der Waals surface area contributed by atoms with E-state index in [1.807, 2.05) is 48.1 Å². The average molecular weight is 456 g/mol. The van der Waals surface area contributed by atoms with Gasteiger partial charge in [-0.1, -0.05) is 25.1 Å². The Morgan fingerprint density at radius 2 is 1.75 bits per heavy atom. The summed E-state index contributed by atoms with van der Waals surface area (Å²) in [6.07, 6.45) is 0.980. The Labute approximate surface area is 183 Å². The number of rotatable bonds is 7. The number of carbonyl (C=O) groups is 2. The molecule has 0 bridgehead atoms. The number of para-hydroxylation sites is 1. The highest BCUT2D eigenvalue weighted by atomic mass is 19.4. The van der Waals surface area contributed by atoms with Crippen LogP contribution in [-0.2, 0) is 16.1 Å². The predicted octanol–water partition coefficient (Wildman–Crippen LogP) is 2.88. The molecule has 1 aliphatic heterocycles. The maximum absolute atomic E-state index is 11.0. The zero-order valence-corrected chi connectivity index (χ0v) is 17.7. The number of hydrogen-bond donors (Lipinski definition) is 2. The van der Waals surface area contributed by atoms with Crippen molar-refractivity contribution in [3.05, 3.63) is 48.3 Å². The van der Waals surface area contributed by atoms with Crippen molar-refractivity contribution < 1.29 is 33.0 Å². The summed E-state index contributed by atoms with van der Waals surface area (Å²) < 4.78 is 33.6. The maximum Gasteiger partial charge on any atom is 0.490 e. The number of piperidine rings is 1. The van der Waals surface area contributed by atoms with E-state index in [0.717, 1.165) is 44.7 Å². The van der Waals surface area contributed by atoms with E-state index in [0.29, 0.717) is 6.04 Å². The second-order valence-electron chi connectivity index (χ2n) is 7.40. The third kappa shape index (κ3) is 7.97. The average Bonchev–Trinajstić information content (AvgIpc) is 3.21. The highest BCUT2D eigenvalue weighted by Gasteiger charge is 2.38. The fourth-order valence-corrected chi connectivity index (χ4v) is 3.54. The first-order valence-electron chi connectivity index (χ1n) is 10.2. The largest absolute Gasteiger partial charge is 0.490 e. The molecule has 0 amide bonds. The van der Waals surface area contributed by atoms with E-state index in [-0.39, 0.29) is 6.54 Å². The first-order chi connectivity index (χ1) is 15.1. The molecule has 2 aromatic rings. The van der Waals surface area contributed by atoms with Crippen LogP contribution in [0.1, 0.15) is 25.3 Å². The normalized spacial score (nSPS) is 15.3. The Kier molecular flexibility index (Phi) is 9.21. The van der Waals surface area contributed by atoms with Crippen molar-refractivity contribution in [2.24, 2.45) is 0 Å². The fourth-order valence-electron chi connectivity index (χ4n) is 3.54. The number of nitrogens with zero attached hydrogens (tertiary/aromatic N) is 4. The molecule has 0 aliphatic carbocycles. The van der Waals surface area contributed by atoms with Crippen LogP contribution in [-0.4, -0.2) is 80.1 Å². The molecule has 0 radical (unpaired) electrons. The van der Waals surface area contributed by atoms with Crippen LogP contribution in [0, 0.1) is 0 Å². The second kappa shape index (κ2) is 11.6. The second-order valence-corrected chi connectivity index (χ2v) is 7.40. The first kappa shape index (κ1) is 25.3. The van der Waals surface area contributed by atoms with E-state index < -0.39 is 18.1 Å². The Bertz CT molecular complexity index is 865. The third-order valence-electron chi connectivity index (χ3n) is 5.12. The molecule has 0 saturated carbocycles. The van der Waals surface area contributed by atoms with E-state index in [9.17, 15) is 18.0 Å². The van der Waals surface area contributed by atoms with E-state index in [2.05, 4.69) is 21.1 Å². The van der Waals surface area contributed by atoms with Gasteiger partial charge in [0.2, 0.25) is 0 Å². The van der Waals surface area contributed by atoms with E-state index >= 15 is 0 Å². The number of halogens is 3. The van der Waals surface area contributed by atoms with Gasteiger partial charge >= 0.3 is 18.1 Å². The van der Waals surface area contributed by atoms with Crippen molar-refractivity contribution in [1.82, 2.24) is 19.6 Å². The molecule has 0 spiro atoms. The summed E-state index contributed by atoms with van der Waals surface area (Å²) in [5, 5.41) is 20.6. The van der Waals surface area contributed by atoms with Crippen LogP contribution >= 0.6 is 0 Å². The highest BCUT2D eigenvalue weighted by molar-refractivity contribution is 5.73.